The molecule has 1 N–H and O–H groups in total. The highest BCUT2D eigenvalue weighted by Gasteiger charge is 2.24. The standard InChI is InChI=1S/C22H29NO2S/c1-3-23(4-2)15-18-13-17(22(25)20-11-8-12-26-20)14-19(21(18)24)16-9-6-5-7-10-16/h8,11-14,16,24H,3-7,9-10,15H2,1-2H3. The van der Waals surface area contributed by atoms with E-state index in [1.807, 2.05) is 29.6 Å². The number of phenolic OH excluding ortho intramolecular Hbond substituents is 1. The molecule has 1 aromatic carbocycles. The number of carbonyl (C=O) groups excluding carboxylic acids is 1. The first-order valence-electron chi connectivity index (χ1n) is 9.80. The summed E-state index contributed by atoms with van der Waals surface area (Å²) in [5.74, 6) is 0.847. The minimum atomic E-state index is 0.0675. The summed E-state index contributed by atoms with van der Waals surface area (Å²) in [6, 6.07) is 7.66. The molecule has 0 saturated heterocycles. The molecular formula is C22H29NO2S. The van der Waals surface area contributed by atoms with Gasteiger partial charge >= 0.3 is 0 Å². The maximum Gasteiger partial charge on any atom is 0.202 e. The van der Waals surface area contributed by atoms with Crippen molar-refractivity contribution in [2.24, 2.45) is 0 Å². The van der Waals surface area contributed by atoms with Crippen LogP contribution < -0.4 is 0 Å². The number of phenols is 1. The van der Waals surface area contributed by atoms with Crippen molar-refractivity contribution in [3.63, 3.8) is 0 Å². The van der Waals surface area contributed by atoms with E-state index in [-0.39, 0.29) is 5.78 Å². The van der Waals surface area contributed by atoms with Crippen molar-refractivity contribution < 1.29 is 9.90 Å². The lowest BCUT2D eigenvalue weighted by molar-refractivity contribution is 0.104. The molecule has 0 amide bonds. The van der Waals surface area contributed by atoms with Gasteiger partial charge in [0.25, 0.3) is 0 Å². The van der Waals surface area contributed by atoms with E-state index in [0.29, 0.717) is 23.8 Å². The second kappa shape index (κ2) is 8.83. The third-order valence-corrected chi connectivity index (χ3v) is 6.43. The lowest BCUT2D eigenvalue weighted by Gasteiger charge is -2.26. The van der Waals surface area contributed by atoms with Crippen LogP contribution in [0, 0.1) is 0 Å². The molecule has 3 rings (SSSR count). The van der Waals surface area contributed by atoms with Gasteiger partial charge in [-0.1, -0.05) is 39.2 Å². The summed E-state index contributed by atoms with van der Waals surface area (Å²) in [5.41, 5.74) is 2.58. The number of hydrogen-bond donors (Lipinski definition) is 1. The van der Waals surface area contributed by atoms with E-state index in [1.54, 1.807) is 0 Å². The van der Waals surface area contributed by atoms with Crippen molar-refractivity contribution in [2.75, 3.05) is 13.1 Å². The topological polar surface area (TPSA) is 40.5 Å². The largest absolute Gasteiger partial charge is 0.507 e. The average molecular weight is 372 g/mol. The van der Waals surface area contributed by atoms with Crippen molar-refractivity contribution in [3.8, 4) is 5.75 Å². The summed E-state index contributed by atoms with van der Waals surface area (Å²) in [6.07, 6.45) is 5.90. The Hall–Kier alpha value is -1.65. The van der Waals surface area contributed by atoms with Crippen LogP contribution in [0.3, 0.4) is 0 Å². The monoisotopic (exact) mass is 371 g/mol. The molecule has 0 spiro atoms. The minimum Gasteiger partial charge on any atom is -0.507 e. The molecule has 0 atom stereocenters. The highest BCUT2D eigenvalue weighted by molar-refractivity contribution is 7.12. The molecule has 26 heavy (non-hydrogen) atoms. The van der Waals surface area contributed by atoms with E-state index in [0.717, 1.165) is 41.9 Å². The second-order valence-corrected chi connectivity index (χ2v) is 8.12. The molecule has 1 saturated carbocycles. The normalized spacial score (nSPS) is 15.5. The average Bonchev–Trinajstić information content (AvgIpc) is 3.22. The van der Waals surface area contributed by atoms with E-state index >= 15 is 0 Å². The van der Waals surface area contributed by atoms with Gasteiger partial charge in [-0.05, 0) is 61.0 Å². The number of benzene rings is 1. The molecule has 1 aliphatic rings. The zero-order valence-corrected chi connectivity index (χ0v) is 16.6. The highest BCUT2D eigenvalue weighted by atomic mass is 32.1. The van der Waals surface area contributed by atoms with E-state index in [9.17, 15) is 9.90 Å². The number of aromatic hydroxyl groups is 1. The fourth-order valence-electron chi connectivity index (χ4n) is 3.93. The van der Waals surface area contributed by atoms with Crippen LogP contribution in [0.5, 0.6) is 5.75 Å². The van der Waals surface area contributed by atoms with E-state index < -0.39 is 0 Å². The van der Waals surface area contributed by atoms with Gasteiger partial charge in [-0.2, -0.15) is 0 Å². The summed E-state index contributed by atoms with van der Waals surface area (Å²) < 4.78 is 0. The molecule has 2 aromatic rings. The number of nitrogens with zero attached hydrogens (tertiary/aromatic N) is 1. The van der Waals surface area contributed by atoms with Gasteiger partial charge < -0.3 is 5.11 Å². The molecule has 0 aliphatic heterocycles. The zero-order chi connectivity index (χ0) is 18.5. The van der Waals surface area contributed by atoms with Crippen LogP contribution in [0.4, 0.5) is 0 Å². The van der Waals surface area contributed by atoms with Crippen LogP contribution in [0.2, 0.25) is 0 Å². The summed E-state index contributed by atoms with van der Waals surface area (Å²) in [7, 11) is 0. The third-order valence-electron chi connectivity index (χ3n) is 5.56. The molecule has 1 heterocycles. The van der Waals surface area contributed by atoms with Crippen LogP contribution >= 0.6 is 11.3 Å². The maximum absolute atomic E-state index is 12.9. The van der Waals surface area contributed by atoms with Crippen LogP contribution in [-0.2, 0) is 6.54 Å². The smallest absolute Gasteiger partial charge is 0.202 e. The first-order valence-corrected chi connectivity index (χ1v) is 10.7. The molecule has 140 valence electrons. The van der Waals surface area contributed by atoms with Crippen LogP contribution in [0.15, 0.2) is 29.6 Å². The lowest BCUT2D eigenvalue weighted by atomic mass is 9.82. The highest BCUT2D eigenvalue weighted by Crippen LogP contribution is 2.40. The van der Waals surface area contributed by atoms with Gasteiger partial charge in [0.05, 0.1) is 4.88 Å². The first-order chi connectivity index (χ1) is 12.6. The predicted molar refractivity (Wildman–Crippen MR) is 108 cm³/mol. The fraction of sp³-hybridized carbons (Fsp3) is 0.500. The van der Waals surface area contributed by atoms with Gasteiger partial charge in [0.2, 0.25) is 5.78 Å². The van der Waals surface area contributed by atoms with Crippen molar-refractivity contribution in [3.05, 3.63) is 51.2 Å². The summed E-state index contributed by atoms with van der Waals surface area (Å²) in [5, 5.41) is 12.9. The van der Waals surface area contributed by atoms with Gasteiger partial charge in [-0.15, -0.1) is 11.3 Å². The van der Waals surface area contributed by atoms with Gasteiger partial charge in [0, 0.05) is 17.7 Å². The van der Waals surface area contributed by atoms with Gasteiger partial charge in [0.1, 0.15) is 5.75 Å². The Labute approximate surface area is 160 Å². The molecule has 1 aliphatic carbocycles. The van der Waals surface area contributed by atoms with Gasteiger partial charge in [0.15, 0.2) is 0 Å². The van der Waals surface area contributed by atoms with Crippen molar-refractivity contribution in [2.45, 2.75) is 58.4 Å². The molecular weight excluding hydrogens is 342 g/mol. The summed E-state index contributed by atoms with van der Waals surface area (Å²) in [6.45, 7) is 6.80. The molecule has 4 heteroatoms. The van der Waals surface area contributed by atoms with E-state index in [2.05, 4.69) is 18.7 Å². The Kier molecular flexibility index (Phi) is 6.49. The van der Waals surface area contributed by atoms with Crippen molar-refractivity contribution in [1.29, 1.82) is 0 Å². The predicted octanol–water partition coefficient (Wildman–Crippen LogP) is 5.57. The lowest BCUT2D eigenvalue weighted by Crippen LogP contribution is -2.22. The summed E-state index contributed by atoms with van der Waals surface area (Å²) >= 11 is 1.48. The maximum atomic E-state index is 12.9. The number of carbonyl (C=O) groups is 1. The number of thiophene rings is 1. The zero-order valence-electron chi connectivity index (χ0n) is 15.8. The number of hydrogen-bond acceptors (Lipinski definition) is 4. The first kappa shape index (κ1) is 19.1. The van der Waals surface area contributed by atoms with Crippen LogP contribution in [-0.4, -0.2) is 28.9 Å². The molecule has 3 nitrogen and oxygen atoms in total. The van der Waals surface area contributed by atoms with Gasteiger partial charge in [-0.3, -0.25) is 9.69 Å². The number of rotatable bonds is 7. The minimum absolute atomic E-state index is 0.0675. The van der Waals surface area contributed by atoms with E-state index in [1.165, 1.54) is 30.6 Å². The van der Waals surface area contributed by atoms with Crippen LogP contribution in [0.25, 0.3) is 0 Å². The summed E-state index contributed by atoms with van der Waals surface area (Å²) in [4.78, 5) is 16.0. The molecule has 0 unspecified atom stereocenters. The van der Waals surface area contributed by atoms with Gasteiger partial charge in [-0.25, -0.2) is 0 Å². The Bertz CT molecular complexity index is 729. The van der Waals surface area contributed by atoms with Crippen LogP contribution in [0.1, 0.15) is 78.2 Å². The molecule has 0 bridgehead atoms. The molecule has 1 aromatic heterocycles. The Morgan fingerprint density at radius 2 is 1.92 bits per heavy atom. The third kappa shape index (κ3) is 4.18. The Balaban J connectivity index is 2.01. The molecule has 1 fully saturated rings. The van der Waals surface area contributed by atoms with E-state index in [4.69, 9.17) is 0 Å². The Morgan fingerprint density at radius 1 is 1.19 bits per heavy atom. The quantitative estimate of drug-likeness (QED) is 0.646. The van der Waals surface area contributed by atoms with Crippen molar-refractivity contribution >= 4 is 17.1 Å². The molecule has 0 radical (unpaired) electrons. The SMILES string of the molecule is CCN(CC)Cc1cc(C(=O)c2cccs2)cc(C2CCCCC2)c1O. The Morgan fingerprint density at radius 3 is 2.54 bits per heavy atom. The van der Waals surface area contributed by atoms with Crippen molar-refractivity contribution in [1.82, 2.24) is 4.90 Å². The second-order valence-electron chi connectivity index (χ2n) is 7.18. The number of ketones is 1. The fourth-order valence-corrected chi connectivity index (χ4v) is 4.62.